The molecule has 1 unspecified atom stereocenters. The van der Waals surface area contributed by atoms with E-state index in [0.717, 1.165) is 0 Å². The fourth-order valence-electron chi connectivity index (χ4n) is 1.43. The number of carboxylic acids is 1. The molecule has 2 radical (unpaired) electrons. The number of oxime groups is 1. The lowest BCUT2D eigenvalue weighted by Gasteiger charge is -2.10. The molecule has 0 aliphatic carbocycles. The molecule has 6 nitrogen and oxygen atoms in total. The number of nitrogens with zero attached hydrogens (tertiary/aromatic N) is 2. The molecule has 0 amide bonds. The normalized spacial score (nSPS) is 18.6. The van der Waals surface area contributed by atoms with Crippen molar-refractivity contribution in [3.63, 3.8) is 0 Å². The number of hydrogen-bond donors (Lipinski definition) is 2. The van der Waals surface area contributed by atoms with Crippen molar-refractivity contribution in [3.05, 3.63) is 22.5 Å². The van der Waals surface area contributed by atoms with Crippen molar-refractivity contribution in [2.75, 3.05) is 5.73 Å². The second kappa shape index (κ2) is 4.25. The number of hydrogen-bond acceptors (Lipinski definition) is 5. The molecular weight excluding hydrogens is 244 g/mol. The van der Waals surface area contributed by atoms with Gasteiger partial charge in [-0.15, -0.1) is 5.16 Å². The number of aromatic carboxylic acids is 1. The quantitative estimate of drug-likeness (QED) is 0.763. The number of aromatic nitrogens is 1. The van der Waals surface area contributed by atoms with E-state index in [1.165, 1.54) is 6.07 Å². The molecule has 1 aliphatic rings. The Morgan fingerprint density at radius 1 is 1.71 bits per heavy atom. The van der Waals surface area contributed by atoms with E-state index in [1.807, 2.05) is 0 Å². The summed E-state index contributed by atoms with van der Waals surface area (Å²) >= 11 is 5.73. The minimum absolute atomic E-state index is 0.0897. The molecule has 0 bridgehead atoms. The van der Waals surface area contributed by atoms with Crippen LogP contribution in [0, 0.1) is 0 Å². The highest BCUT2D eigenvalue weighted by Crippen LogP contribution is 2.30. The summed E-state index contributed by atoms with van der Waals surface area (Å²) in [6.07, 6.45) is -0.180. The first-order valence-corrected chi connectivity index (χ1v) is 5.04. The lowest BCUT2D eigenvalue weighted by atomic mass is 9.95. The van der Waals surface area contributed by atoms with E-state index >= 15 is 0 Å². The molecule has 8 heteroatoms. The molecule has 1 atom stereocenters. The number of anilines is 1. The number of rotatable bonds is 2. The smallest absolute Gasteiger partial charge is 0.356 e. The minimum Gasteiger partial charge on any atom is -0.476 e. The first-order valence-electron chi connectivity index (χ1n) is 4.66. The van der Waals surface area contributed by atoms with Crippen molar-refractivity contribution in [2.45, 2.75) is 12.5 Å². The van der Waals surface area contributed by atoms with Gasteiger partial charge in [0.05, 0.1) is 16.4 Å². The summed E-state index contributed by atoms with van der Waals surface area (Å²) in [7, 11) is 5.45. The zero-order valence-corrected chi connectivity index (χ0v) is 9.31. The monoisotopic (exact) mass is 251 g/mol. The Hall–Kier alpha value is -1.76. The molecule has 3 N–H and O–H groups in total. The van der Waals surface area contributed by atoms with Crippen LogP contribution >= 0.6 is 11.6 Å². The Morgan fingerprint density at radius 3 is 2.94 bits per heavy atom. The largest absolute Gasteiger partial charge is 0.476 e. The molecule has 0 aromatic carbocycles. The average Bonchev–Trinajstić information content (AvgIpc) is 2.68. The number of carbonyl (C=O) groups is 1. The molecule has 1 aromatic heterocycles. The van der Waals surface area contributed by atoms with E-state index in [4.69, 9.17) is 35.1 Å². The first-order chi connectivity index (χ1) is 7.99. The predicted molar refractivity (Wildman–Crippen MR) is 62.3 cm³/mol. The maximum absolute atomic E-state index is 10.9. The van der Waals surface area contributed by atoms with Crippen molar-refractivity contribution in [3.8, 4) is 0 Å². The summed E-state index contributed by atoms with van der Waals surface area (Å²) in [6, 6.07) is 1.45. The number of halogens is 1. The molecule has 1 aliphatic heterocycles. The summed E-state index contributed by atoms with van der Waals surface area (Å²) in [5.41, 5.74) is 6.08. The Morgan fingerprint density at radius 2 is 2.41 bits per heavy atom. The summed E-state index contributed by atoms with van der Waals surface area (Å²) < 4.78 is 0. The fraction of sp³-hybridized carbons (Fsp3) is 0.222. The number of carboxylic acid groups (broad SMARTS) is 1. The maximum atomic E-state index is 10.9. The van der Waals surface area contributed by atoms with Gasteiger partial charge in [0.1, 0.15) is 7.85 Å². The number of pyridine rings is 1. The Bertz CT molecular complexity index is 520. The van der Waals surface area contributed by atoms with Crippen molar-refractivity contribution in [2.24, 2.45) is 5.16 Å². The van der Waals surface area contributed by atoms with Crippen LogP contribution in [0.5, 0.6) is 0 Å². The van der Waals surface area contributed by atoms with Gasteiger partial charge in [-0.05, 0) is 6.07 Å². The van der Waals surface area contributed by atoms with Crippen molar-refractivity contribution in [1.29, 1.82) is 0 Å². The van der Waals surface area contributed by atoms with Gasteiger partial charge in [0, 0.05) is 12.0 Å². The maximum Gasteiger partial charge on any atom is 0.356 e. The van der Waals surface area contributed by atoms with Crippen LogP contribution in [0.25, 0.3) is 0 Å². The summed E-state index contributed by atoms with van der Waals surface area (Å²) in [5.74, 6) is -1.25. The average molecular weight is 251 g/mol. The standard InChI is InChI=1S/C9H7BClN3O3/c10-6-2-5(17-14-6)4-1-3(12)7(11)8(13-4)9(15)16/h1,5H,2H2,(H2,12,13)(H,15,16). The molecule has 1 aromatic rings. The molecule has 0 saturated carbocycles. The van der Waals surface area contributed by atoms with Gasteiger partial charge < -0.3 is 15.7 Å². The highest BCUT2D eigenvalue weighted by Gasteiger charge is 2.24. The lowest BCUT2D eigenvalue weighted by molar-refractivity contribution is 0.0683. The summed E-state index contributed by atoms with van der Waals surface area (Å²) in [5, 5.41) is 12.4. The third kappa shape index (κ3) is 2.19. The second-order valence-corrected chi connectivity index (χ2v) is 3.86. The fourth-order valence-corrected chi connectivity index (χ4v) is 1.61. The van der Waals surface area contributed by atoms with Crippen LogP contribution in [-0.4, -0.2) is 29.5 Å². The van der Waals surface area contributed by atoms with Crippen LogP contribution in [0.4, 0.5) is 5.69 Å². The highest BCUT2D eigenvalue weighted by molar-refractivity contribution is 6.59. The summed E-state index contributed by atoms with van der Waals surface area (Å²) in [4.78, 5) is 19.8. The Kier molecular flexibility index (Phi) is 2.93. The number of nitrogens with two attached hydrogens (primary N) is 1. The van der Waals surface area contributed by atoms with Gasteiger partial charge in [-0.25, -0.2) is 9.78 Å². The van der Waals surface area contributed by atoms with Crippen LogP contribution in [-0.2, 0) is 4.84 Å². The van der Waals surface area contributed by atoms with E-state index in [0.29, 0.717) is 17.7 Å². The van der Waals surface area contributed by atoms with Gasteiger partial charge in [0.2, 0.25) is 0 Å². The van der Waals surface area contributed by atoms with Crippen molar-refractivity contribution < 1.29 is 14.7 Å². The zero-order chi connectivity index (χ0) is 12.6. The van der Waals surface area contributed by atoms with Crippen LogP contribution < -0.4 is 5.73 Å². The second-order valence-electron chi connectivity index (χ2n) is 3.48. The zero-order valence-electron chi connectivity index (χ0n) is 8.55. The van der Waals surface area contributed by atoms with Gasteiger partial charge in [0.15, 0.2) is 11.8 Å². The molecule has 0 spiro atoms. The first kappa shape index (κ1) is 11.7. The van der Waals surface area contributed by atoms with Gasteiger partial charge in [-0.1, -0.05) is 11.6 Å². The highest BCUT2D eigenvalue weighted by atomic mass is 35.5. The van der Waals surface area contributed by atoms with Gasteiger partial charge in [-0.3, -0.25) is 0 Å². The van der Waals surface area contributed by atoms with Crippen molar-refractivity contribution >= 4 is 36.7 Å². The Labute approximate surface area is 103 Å². The summed E-state index contributed by atoms with van der Waals surface area (Å²) in [6.45, 7) is 0. The lowest BCUT2D eigenvalue weighted by Crippen LogP contribution is -2.10. The predicted octanol–water partition coefficient (Wildman–Crippen LogP) is 0.959. The van der Waals surface area contributed by atoms with E-state index < -0.39 is 12.1 Å². The van der Waals surface area contributed by atoms with Gasteiger partial charge in [0.25, 0.3) is 0 Å². The van der Waals surface area contributed by atoms with Crippen molar-refractivity contribution in [1.82, 2.24) is 4.98 Å². The molecular formula is C9H7BClN3O3. The van der Waals surface area contributed by atoms with E-state index in [-0.39, 0.29) is 16.4 Å². The molecule has 17 heavy (non-hydrogen) atoms. The SMILES string of the molecule is [B]C1=NOC(c2cc(N)c(Cl)c(C(=O)O)n2)C1. The van der Waals surface area contributed by atoms with Crippen LogP contribution in [0.15, 0.2) is 11.2 Å². The van der Waals surface area contributed by atoms with E-state index in [1.54, 1.807) is 0 Å². The van der Waals surface area contributed by atoms with E-state index in [9.17, 15) is 4.79 Å². The molecule has 2 heterocycles. The third-order valence-electron chi connectivity index (χ3n) is 2.23. The van der Waals surface area contributed by atoms with E-state index in [2.05, 4.69) is 10.1 Å². The van der Waals surface area contributed by atoms with Crippen LogP contribution in [0.2, 0.25) is 5.02 Å². The van der Waals surface area contributed by atoms with Crippen LogP contribution in [0.1, 0.15) is 28.7 Å². The number of nitrogen functional groups attached to an aromatic ring is 1. The molecule has 0 saturated heterocycles. The van der Waals surface area contributed by atoms with Gasteiger partial charge in [-0.2, -0.15) is 0 Å². The molecule has 0 fully saturated rings. The Balaban J connectivity index is 2.40. The van der Waals surface area contributed by atoms with Gasteiger partial charge >= 0.3 is 5.97 Å². The topological polar surface area (TPSA) is 97.8 Å². The third-order valence-corrected chi connectivity index (χ3v) is 2.63. The molecule has 86 valence electrons. The van der Waals surface area contributed by atoms with Crippen LogP contribution in [0.3, 0.4) is 0 Å². The molecule has 2 rings (SSSR count). The minimum atomic E-state index is -1.25.